The molecule has 0 spiro atoms. The second-order valence-corrected chi connectivity index (χ2v) is 5.29. The average molecular weight is 264 g/mol. The highest BCUT2D eigenvalue weighted by atomic mass is 35.5. The minimum absolute atomic E-state index is 0.0801. The molecule has 1 rings (SSSR count). The van der Waals surface area contributed by atoms with Crippen LogP contribution in [0.25, 0.3) is 0 Å². The zero-order valence-corrected chi connectivity index (χ0v) is 10.5. The maximum Gasteiger partial charge on any atom is 0.242 e. The fraction of sp³-hybridized carbons (Fsp3) is 0.444. The molecule has 1 heterocycles. The van der Waals surface area contributed by atoms with Gasteiger partial charge in [0, 0.05) is 25.5 Å². The molecule has 2 N–H and O–H groups in total. The van der Waals surface area contributed by atoms with Gasteiger partial charge in [-0.2, -0.15) is 0 Å². The first-order chi connectivity index (χ1) is 7.56. The molecule has 0 aliphatic heterocycles. The summed E-state index contributed by atoms with van der Waals surface area (Å²) in [7, 11) is -3.50. The quantitative estimate of drug-likeness (QED) is 0.739. The topological polar surface area (TPSA) is 71.1 Å². The number of pyridine rings is 1. The van der Waals surface area contributed by atoms with Crippen LogP contribution < -0.4 is 10.0 Å². The van der Waals surface area contributed by atoms with Crippen molar-refractivity contribution in [1.29, 1.82) is 0 Å². The highest BCUT2D eigenvalue weighted by Gasteiger charge is 2.13. The van der Waals surface area contributed by atoms with Gasteiger partial charge in [0.05, 0.1) is 5.02 Å². The summed E-state index contributed by atoms with van der Waals surface area (Å²) in [6, 6.07) is 1.37. The van der Waals surface area contributed by atoms with Gasteiger partial charge in [-0.05, 0) is 12.6 Å². The Balaban J connectivity index is 2.64. The molecular weight excluding hydrogens is 250 g/mol. The van der Waals surface area contributed by atoms with Crippen molar-refractivity contribution in [3.8, 4) is 0 Å². The van der Waals surface area contributed by atoms with E-state index in [2.05, 4.69) is 15.0 Å². The summed E-state index contributed by atoms with van der Waals surface area (Å²) in [5.41, 5.74) is 0. The summed E-state index contributed by atoms with van der Waals surface area (Å²) >= 11 is 5.67. The van der Waals surface area contributed by atoms with Crippen LogP contribution in [0.15, 0.2) is 23.4 Å². The Morgan fingerprint density at radius 1 is 1.38 bits per heavy atom. The predicted molar refractivity (Wildman–Crippen MR) is 63.0 cm³/mol. The number of hydrogen-bond donors (Lipinski definition) is 2. The standard InChI is InChI=1S/C9H14ClN3O2S/c1-2-11-3-4-13-16(14,15)9-5-8(10)6-12-7-9/h5-7,11,13H,2-4H2,1H3. The van der Waals surface area contributed by atoms with E-state index in [9.17, 15) is 8.42 Å². The van der Waals surface area contributed by atoms with Crippen LogP contribution in [-0.4, -0.2) is 33.0 Å². The lowest BCUT2D eigenvalue weighted by Gasteiger charge is -2.06. The molecule has 1 aromatic heterocycles. The molecule has 0 saturated heterocycles. The third-order valence-corrected chi connectivity index (χ3v) is 3.47. The Morgan fingerprint density at radius 3 is 2.75 bits per heavy atom. The van der Waals surface area contributed by atoms with Crippen LogP contribution in [0, 0.1) is 0 Å². The van der Waals surface area contributed by atoms with E-state index in [-0.39, 0.29) is 4.90 Å². The van der Waals surface area contributed by atoms with Gasteiger partial charge in [-0.25, -0.2) is 13.1 Å². The second-order valence-electron chi connectivity index (χ2n) is 3.09. The number of halogens is 1. The Hall–Kier alpha value is -0.690. The van der Waals surface area contributed by atoms with Crippen LogP contribution in [-0.2, 0) is 10.0 Å². The molecule has 0 fully saturated rings. The van der Waals surface area contributed by atoms with Crippen molar-refractivity contribution in [2.24, 2.45) is 0 Å². The van der Waals surface area contributed by atoms with Crippen LogP contribution in [0.2, 0.25) is 5.02 Å². The van der Waals surface area contributed by atoms with E-state index in [1.165, 1.54) is 18.5 Å². The van der Waals surface area contributed by atoms with Crippen molar-refractivity contribution in [3.05, 3.63) is 23.5 Å². The zero-order chi connectivity index (χ0) is 12.0. The van der Waals surface area contributed by atoms with Gasteiger partial charge >= 0.3 is 0 Å². The average Bonchev–Trinajstić information content (AvgIpc) is 2.24. The third kappa shape index (κ3) is 4.05. The zero-order valence-electron chi connectivity index (χ0n) is 8.90. The maximum absolute atomic E-state index is 11.7. The van der Waals surface area contributed by atoms with Crippen molar-refractivity contribution >= 4 is 21.6 Å². The van der Waals surface area contributed by atoms with Crippen LogP contribution in [0.3, 0.4) is 0 Å². The molecule has 16 heavy (non-hydrogen) atoms. The Morgan fingerprint density at radius 2 is 2.12 bits per heavy atom. The number of nitrogens with zero attached hydrogens (tertiary/aromatic N) is 1. The Labute approximate surface area is 100 Å². The van der Waals surface area contributed by atoms with Crippen molar-refractivity contribution in [1.82, 2.24) is 15.0 Å². The summed E-state index contributed by atoms with van der Waals surface area (Å²) in [6.07, 6.45) is 2.65. The van der Waals surface area contributed by atoms with Gasteiger partial charge in [0.25, 0.3) is 0 Å². The maximum atomic E-state index is 11.7. The molecule has 7 heteroatoms. The number of likely N-dealkylation sites (N-methyl/N-ethyl adjacent to an activating group) is 1. The molecule has 0 aromatic carbocycles. The van der Waals surface area contributed by atoms with Crippen molar-refractivity contribution in [3.63, 3.8) is 0 Å². The lowest BCUT2D eigenvalue weighted by atomic mass is 10.5. The fourth-order valence-electron chi connectivity index (χ4n) is 1.07. The first-order valence-corrected chi connectivity index (χ1v) is 6.73. The normalized spacial score (nSPS) is 11.6. The number of sulfonamides is 1. The molecule has 90 valence electrons. The molecule has 0 saturated carbocycles. The van der Waals surface area contributed by atoms with Crippen molar-refractivity contribution in [2.45, 2.75) is 11.8 Å². The number of aromatic nitrogens is 1. The van der Waals surface area contributed by atoms with Gasteiger partial charge in [-0.15, -0.1) is 0 Å². The molecule has 5 nitrogen and oxygen atoms in total. The molecule has 0 radical (unpaired) electrons. The van der Waals surface area contributed by atoms with Crippen molar-refractivity contribution in [2.75, 3.05) is 19.6 Å². The van der Waals surface area contributed by atoms with Crippen LogP contribution in [0.4, 0.5) is 0 Å². The Kier molecular flexibility index (Phi) is 5.14. The summed E-state index contributed by atoms with van der Waals surface area (Å²) in [5.74, 6) is 0. The summed E-state index contributed by atoms with van der Waals surface area (Å²) in [6.45, 7) is 3.68. The van der Waals surface area contributed by atoms with Gasteiger partial charge in [-0.1, -0.05) is 18.5 Å². The van der Waals surface area contributed by atoms with Gasteiger partial charge in [0.2, 0.25) is 10.0 Å². The second kappa shape index (κ2) is 6.15. The van der Waals surface area contributed by atoms with E-state index < -0.39 is 10.0 Å². The third-order valence-electron chi connectivity index (χ3n) is 1.83. The minimum Gasteiger partial charge on any atom is -0.316 e. The highest BCUT2D eigenvalue weighted by Crippen LogP contribution is 2.12. The minimum atomic E-state index is -3.50. The van der Waals surface area contributed by atoms with E-state index >= 15 is 0 Å². The predicted octanol–water partition coefficient (Wildman–Crippen LogP) is 0.623. The van der Waals surface area contributed by atoms with E-state index in [0.717, 1.165) is 6.54 Å². The first kappa shape index (κ1) is 13.4. The number of rotatable bonds is 6. The first-order valence-electron chi connectivity index (χ1n) is 4.87. The molecule has 0 atom stereocenters. The van der Waals surface area contributed by atoms with Crippen LogP contribution in [0.5, 0.6) is 0 Å². The lowest BCUT2D eigenvalue weighted by Crippen LogP contribution is -2.31. The van der Waals surface area contributed by atoms with Gasteiger partial charge in [0.1, 0.15) is 4.90 Å². The highest BCUT2D eigenvalue weighted by molar-refractivity contribution is 7.89. The summed E-state index contributed by atoms with van der Waals surface area (Å²) in [5, 5.41) is 3.32. The largest absolute Gasteiger partial charge is 0.316 e. The molecular formula is C9H14ClN3O2S. The molecule has 0 aliphatic rings. The van der Waals surface area contributed by atoms with E-state index in [4.69, 9.17) is 11.6 Å². The fourth-order valence-corrected chi connectivity index (χ4v) is 2.33. The summed E-state index contributed by atoms with van der Waals surface area (Å²) < 4.78 is 25.9. The molecule has 0 aliphatic carbocycles. The van der Waals surface area contributed by atoms with E-state index in [0.29, 0.717) is 18.1 Å². The Bertz CT molecular complexity index is 436. The molecule has 1 aromatic rings. The lowest BCUT2D eigenvalue weighted by molar-refractivity contribution is 0.577. The van der Waals surface area contributed by atoms with E-state index in [1.54, 1.807) is 0 Å². The monoisotopic (exact) mass is 263 g/mol. The smallest absolute Gasteiger partial charge is 0.242 e. The number of hydrogen-bond acceptors (Lipinski definition) is 4. The van der Waals surface area contributed by atoms with Crippen LogP contribution in [0.1, 0.15) is 6.92 Å². The molecule has 0 unspecified atom stereocenters. The van der Waals surface area contributed by atoms with E-state index in [1.807, 2.05) is 6.92 Å². The molecule has 0 amide bonds. The SMILES string of the molecule is CCNCCNS(=O)(=O)c1cncc(Cl)c1. The van der Waals surface area contributed by atoms with Crippen LogP contribution >= 0.6 is 11.6 Å². The summed E-state index contributed by atoms with van der Waals surface area (Å²) in [4.78, 5) is 3.81. The van der Waals surface area contributed by atoms with Gasteiger partial charge in [-0.3, -0.25) is 4.98 Å². The van der Waals surface area contributed by atoms with Crippen molar-refractivity contribution < 1.29 is 8.42 Å². The van der Waals surface area contributed by atoms with Gasteiger partial charge < -0.3 is 5.32 Å². The van der Waals surface area contributed by atoms with Gasteiger partial charge in [0.15, 0.2) is 0 Å². The molecule has 0 bridgehead atoms. The number of nitrogens with one attached hydrogen (secondary N) is 2.